The van der Waals surface area contributed by atoms with Gasteiger partial charge in [0.2, 0.25) is 5.91 Å². The quantitative estimate of drug-likeness (QED) is 0.886. The van der Waals surface area contributed by atoms with Crippen molar-refractivity contribution in [2.45, 2.75) is 6.54 Å². The van der Waals surface area contributed by atoms with Crippen molar-refractivity contribution in [2.75, 3.05) is 6.54 Å². The number of amides is 2. The van der Waals surface area contributed by atoms with Gasteiger partial charge in [0.15, 0.2) is 0 Å². The molecule has 0 aliphatic rings. The van der Waals surface area contributed by atoms with Crippen LogP contribution in [0.1, 0.15) is 15.9 Å². The molecule has 2 aromatic carbocycles. The number of halogens is 3. The lowest BCUT2D eigenvalue weighted by Crippen LogP contribution is -2.36. The maximum atomic E-state index is 13.4. The number of nitrogens with one attached hydrogen (secondary N) is 2. The monoisotopic (exact) mass is 322 g/mol. The van der Waals surface area contributed by atoms with E-state index in [1.54, 1.807) is 6.07 Å². The zero-order valence-corrected chi connectivity index (χ0v) is 11.9. The molecule has 2 rings (SSSR count). The summed E-state index contributed by atoms with van der Waals surface area (Å²) in [5.74, 6) is -3.58. The van der Waals surface area contributed by atoms with Crippen LogP contribution in [-0.4, -0.2) is 18.4 Å². The van der Waals surface area contributed by atoms with Crippen LogP contribution in [0.2, 0.25) is 0 Å². The van der Waals surface area contributed by atoms with Crippen LogP contribution < -0.4 is 10.6 Å². The highest BCUT2D eigenvalue weighted by molar-refractivity contribution is 5.96. The van der Waals surface area contributed by atoms with Gasteiger partial charge in [-0.25, -0.2) is 13.2 Å². The van der Waals surface area contributed by atoms with Gasteiger partial charge < -0.3 is 10.6 Å². The van der Waals surface area contributed by atoms with E-state index in [2.05, 4.69) is 10.6 Å². The second-order valence-corrected chi connectivity index (χ2v) is 4.71. The third kappa shape index (κ3) is 4.84. The molecule has 0 heterocycles. The van der Waals surface area contributed by atoms with E-state index in [1.165, 1.54) is 18.2 Å². The molecule has 0 atom stereocenters. The van der Waals surface area contributed by atoms with Crippen LogP contribution in [0.15, 0.2) is 42.5 Å². The first-order chi connectivity index (χ1) is 11.0. The molecule has 0 saturated carbocycles. The third-order valence-corrected chi connectivity index (χ3v) is 2.96. The van der Waals surface area contributed by atoms with E-state index >= 15 is 0 Å². The Bertz CT molecular complexity index is 735. The van der Waals surface area contributed by atoms with E-state index in [0.717, 1.165) is 12.1 Å². The molecule has 2 amide bonds. The zero-order valence-electron chi connectivity index (χ0n) is 11.9. The zero-order chi connectivity index (χ0) is 16.8. The molecule has 0 unspecified atom stereocenters. The third-order valence-electron chi connectivity index (χ3n) is 2.96. The number of benzene rings is 2. The van der Waals surface area contributed by atoms with Gasteiger partial charge in [-0.3, -0.25) is 9.59 Å². The lowest BCUT2D eigenvalue weighted by atomic mass is 10.2. The van der Waals surface area contributed by atoms with Gasteiger partial charge in [0.1, 0.15) is 17.5 Å². The molecule has 0 bridgehead atoms. The predicted octanol–water partition coefficient (Wildman–Crippen LogP) is 2.15. The highest BCUT2D eigenvalue weighted by Gasteiger charge is 2.13. The minimum absolute atomic E-state index is 0.0946. The van der Waals surface area contributed by atoms with Gasteiger partial charge in [0.25, 0.3) is 5.91 Å². The molecule has 2 N–H and O–H groups in total. The van der Waals surface area contributed by atoms with E-state index in [9.17, 15) is 22.8 Å². The van der Waals surface area contributed by atoms with E-state index in [4.69, 9.17) is 0 Å². The number of rotatable bonds is 5. The van der Waals surface area contributed by atoms with Gasteiger partial charge >= 0.3 is 0 Å². The van der Waals surface area contributed by atoms with Crippen LogP contribution in [0, 0.1) is 17.5 Å². The second kappa shape index (κ2) is 7.44. The first kappa shape index (κ1) is 16.5. The summed E-state index contributed by atoms with van der Waals surface area (Å²) in [7, 11) is 0. The summed E-state index contributed by atoms with van der Waals surface area (Å²) in [5, 5.41) is 4.70. The molecule has 120 valence electrons. The largest absolute Gasteiger partial charge is 0.350 e. The Kier molecular flexibility index (Phi) is 5.35. The molecule has 2 aromatic rings. The second-order valence-electron chi connectivity index (χ2n) is 4.71. The molecule has 0 spiro atoms. The van der Waals surface area contributed by atoms with Gasteiger partial charge in [-0.2, -0.15) is 0 Å². The smallest absolute Gasteiger partial charge is 0.254 e. The minimum atomic E-state index is -1.01. The van der Waals surface area contributed by atoms with Crippen molar-refractivity contribution in [3.63, 3.8) is 0 Å². The van der Waals surface area contributed by atoms with E-state index in [1.807, 2.05) is 0 Å². The van der Waals surface area contributed by atoms with Crippen molar-refractivity contribution in [2.24, 2.45) is 0 Å². The molecular formula is C16H13F3N2O2. The molecule has 0 aliphatic heterocycles. The normalized spacial score (nSPS) is 10.2. The molecule has 0 radical (unpaired) electrons. The van der Waals surface area contributed by atoms with Gasteiger partial charge in [-0.15, -0.1) is 0 Å². The fourth-order valence-electron chi connectivity index (χ4n) is 1.84. The van der Waals surface area contributed by atoms with Crippen molar-refractivity contribution in [1.82, 2.24) is 10.6 Å². The van der Waals surface area contributed by atoms with Crippen molar-refractivity contribution in [3.8, 4) is 0 Å². The Morgan fingerprint density at radius 1 is 0.913 bits per heavy atom. The Morgan fingerprint density at radius 2 is 1.65 bits per heavy atom. The van der Waals surface area contributed by atoms with Crippen molar-refractivity contribution in [3.05, 3.63) is 71.0 Å². The van der Waals surface area contributed by atoms with E-state index in [-0.39, 0.29) is 18.7 Å². The van der Waals surface area contributed by atoms with Crippen LogP contribution in [0.3, 0.4) is 0 Å². The SMILES string of the molecule is O=C(CNC(=O)c1ccc(F)cc1F)NCc1cccc(F)c1. The van der Waals surface area contributed by atoms with E-state index in [0.29, 0.717) is 11.6 Å². The Balaban J connectivity index is 1.83. The Hall–Kier alpha value is -2.83. The van der Waals surface area contributed by atoms with Crippen molar-refractivity contribution >= 4 is 11.8 Å². The fraction of sp³-hybridized carbons (Fsp3) is 0.125. The summed E-state index contributed by atoms with van der Waals surface area (Å²) in [4.78, 5) is 23.3. The summed E-state index contributed by atoms with van der Waals surface area (Å²) in [6.45, 7) is -0.289. The predicted molar refractivity (Wildman–Crippen MR) is 76.9 cm³/mol. The molecular weight excluding hydrogens is 309 g/mol. The molecule has 23 heavy (non-hydrogen) atoms. The molecule has 0 aliphatic carbocycles. The van der Waals surface area contributed by atoms with E-state index < -0.39 is 29.3 Å². The molecule has 0 fully saturated rings. The molecule has 0 aromatic heterocycles. The molecule has 4 nitrogen and oxygen atoms in total. The summed E-state index contributed by atoms with van der Waals surface area (Å²) in [5.41, 5.74) is 0.207. The Labute approximate surface area is 130 Å². The van der Waals surface area contributed by atoms with Crippen LogP contribution >= 0.6 is 0 Å². The van der Waals surface area contributed by atoms with Crippen LogP contribution in [0.25, 0.3) is 0 Å². The summed E-state index contributed by atoms with van der Waals surface area (Å²) < 4.78 is 39.1. The summed E-state index contributed by atoms with van der Waals surface area (Å²) >= 11 is 0. The first-order valence-electron chi connectivity index (χ1n) is 6.70. The maximum Gasteiger partial charge on any atom is 0.254 e. The number of hydrogen-bond acceptors (Lipinski definition) is 2. The topological polar surface area (TPSA) is 58.2 Å². The standard InChI is InChI=1S/C16H13F3N2O2/c17-11-3-1-2-10(6-11)8-20-15(22)9-21-16(23)13-5-4-12(18)7-14(13)19/h1-7H,8-9H2,(H,20,22)(H,21,23). The van der Waals surface area contributed by atoms with Crippen LogP contribution in [0.5, 0.6) is 0 Å². The average Bonchev–Trinajstić information content (AvgIpc) is 2.50. The lowest BCUT2D eigenvalue weighted by Gasteiger charge is -2.08. The minimum Gasteiger partial charge on any atom is -0.350 e. The van der Waals surface area contributed by atoms with Gasteiger partial charge in [0, 0.05) is 12.6 Å². The number of hydrogen-bond donors (Lipinski definition) is 2. The van der Waals surface area contributed by atoms with Crippen molar-refractivity contribution in [1.29, 1.82) is 0 Å². The maximum absolute atomic E-state index is 13.4. The average molecular weight is 322 g/mol. The van der Waals surface area contributed by atoms with Gasteiger partial charge in [0.05, 0.1) is 12.1 Å². The first-order valence-corrected chi connectivity index (χ1v) is 6.70. The van der Waals surface area contributed by atoms with Gasteiger partial charge in [-0.05, 0) is 29.8 Å². The molecule has 7 heteroatoms. The number of carbonyl (C=O) groups excluding carboxylic acids is 2. The van der Waals surface area contributed by atoms with Crippen LogP contribution in [-0.2, 0) is 11.3 Å². The Morgan fingerprint density at radius 3 is 2.35 bits per heavy atom. The molecule has 0 saturated heterocycles. The fourth-order valence-corrected chi connectivity index (χ4v) is 1.84. The number of carbonyl (C=O) groups is 2. The van der Waals surface area contributed by atoms with Crippen molar-refractivity contribution < 1.29 is 22.8 Å². The summed E-state index contributed by atoms with van der Waals surface area (Å²) in [6.07, 6.45) is 0. The highest BCUT2D eigenvalue weighted by Crippen LogP contribution is 2.09. The lowest BCUT2D eigenvalue weighted by molar-refractivity contribution is -0.120. The van der Waals surface area contributed by atoms with Crippen LogP contribution in [0.4, 0.5) is 13.2 Å². The van der Waals surface area contributed by atoms with Gasteiger partial charge in [-0.1, -0.05) is 12.1 Å². The highest BCUT2D eigenvalue weighted by atomic mass is 19.1. The summed E-state index contributed by atoms with van der Waals surface area (Å²) in [6, 6.07) is 8.22.